The van der Waals surface area contributed by atoms with Gasteiger partial charge in [0.05, 0.1) is 32.3 Å². The van der Waals surface area contributed by atoms with E-state index in [1.54, 1.807) is 13.8 Å². The van der Waals surface area contributed by atoms with Crippen LogP contribution in [0.15, 0.2) is 69.6 Å². The summed E-state index contributed by atoms with van der Waals surface area (Å²) in [4.78, 5) is 35.9. The lowest BCUT2D eigenvalue weighted by molar-refractivity contribution is 0.0502. The summed E-state index contributed by atoms with van der Waals surface area (Å²) in [7, 11) is 0. The number of carbonyl (C=O) groups excluding carboxylic acids is 2. The minimum absolute atomic E-state index is 0.276. The van der Waals surface area contributed by atoms with Gasteiger partial charge in [0.1, 0.15) is 0 Å². The largest absolute Gasteiger partial charge is 0.365 e. The molecule has 3 aromatic rings. The number of rotatable bonds is 6. The van der Waals surface area contributed by atoms with Crippen LogP contribution in [-0.2, 0) is 9.68 Å². The Labute approximate surface area is 169 Å². The summed E-state index contributed by atoms with van der Waals surface area (Å²) in [5.74, 6) is -1.22. The molecule has 0 aliphatic carbocycles. The van der Waals surface area contributed by atoms with Crippen LogP contribution in [0.2, 0.25) is 0 Å². The molecule has 6 nitrogen and oxygen atoms in total. The summed E-state index contributed by atoms with van der Waals surface area (Å²) in [6.07, 6.45) is 0. The van der Waals surface area contributed by atoms with E-state index in [1.807, 2.05) is 35.0 Å². The highest BCUT2D eigenvalue weighted by molar-refractivity contribution is 7.12. The van der Waals surface area contributed by atoms with E-state index in [0.717, 1.165) is 9.75 Å². The number of oxime groups is 2. The summed E-state index contributed by atoms with van der Waals surface area (Å²) in [5.41, 5.74) is 1.78. The Morgan fingerprint density at radius 1 is 0.714 bits per heavy atom. The predicted molar refractivity (Wildman–Crippen MR) is 110 cm³/mol. The molecule has 0 unspecified atom stereocenters. The Kier molecular flexibility index (Phi) is 6.46. The van der Waals surface area contributed by atoms with Crippen LogP contribution in [-0.4, -0.2) is 23.4 Å². The van der Waals surface area contributed by atoms with E-state index in [2.05, 4.69) is 10.3 Å². The number of carbonyl (C=O) groups is 2. The lowest BCUT2D eigenvalue weighted by Crippen LogP contribution is -2.06. The van der Waals surface area contributed by atoms with Crippen LogP contribution in [0.3, 0.4) is 0 Å². The summed E-state index contributed by atoms with van der Waals surface area (Å²) in [6.45, 7) is 3.52. The fourth-order valence-corrected chi connectivity index (χ4v) is 3.46. The van der Waals surface area contributed by atoms with E-state index < -0.39 is 11.9 Å². The number of benzene rings is 1. The molecule has 1 aromatic carbocycles. The Morgan fingerprint density at radius 2 is 1.11 bits per heavy atom. The summed E-state index contributed by atoms with van der Waals surface area (Å²) in [6, 6.07) is 13.5. The maximum Gasteiger partial charge on any atom is 0.365 e. The van der Waals surface area contributed by atoms with E-state index in [-0.39, 0.29) is 11.1 Å². The van der Waals surface area contributed by atoms with Crippen molar-refractivity contribution in [3.8, 4) is 0 Å². The molecule has 0 saturated carbocycles. The van der Waals surface area contributed by atoms with Gasteiger partial charge in [-0.25, -0.2) is 9.59 Å². The van der Waals surface area contributed by atoms with Gasteiger partial charge in [-0.05, 0) is 61.0 Å². The zero-order chi connectivity index (χ0) is 19.9. The number of thiophene rings is 2. The molecule has 142 valence electrons. The lowest BCUT2D eigenvalue weighted by atomic mass is 10.1. The van der Waals surface area contributed by atoms with Crippen LogP contribution in [0.1, 0.15) is 44.3 Å². The highest BCUT2D eigenvalue weighted by atomic mass is 32.1. The van der Waals surface area contributed by atoms with Crippen molar-refractivity contribution in [1.82, 2.24) is 0 Å². The Morgan fingerprint density at radius 3 is 1.43 bits per heavy atom. The highest BCUT2D eigenvalue weighted by Gasteiger charge is 2.12. The van der Waals surface area contributed by atoms with Gasteiger partial charge >= 0.3 is 11.9 Å². The van der Waals surface area contributed by atoms with Crippen LogP contribution in [0, 0.1) is 0 Å². The first-order valence-corrected chi connectivity index (χ1v) is 10.00. The van der Waals surface area contributed by atoms with Gasteiger partial charge < -0.3 is 9.68 Å². The van der Waals surface area contributed by atoms with Gasteiger partial charge in [-0.3, -0.25) is 0 Å². The average molecular weight is 412 g/mol. The second kappa shape index (κ2) is 9.20. The normalized spacial score (nSPS) is 11.9. The van der Waals surface area contributed by atoms with Crippen LogP contribution in [0.25, 0.3) is 0 Å². The molecule has 0 atom stereocenters. The maximum absolute atomic E-state index is 12.1. The van der Waals surface area contributed by atoms with E-state index in [1.165, 1.54) is 46.9 Å². The van der Waals surface area contributed by atoms with Crippen molar-refractivity contribution in [1.29, 1.82) is 0 Å². The number of nitrogens with zero attached hydrogens (tertiary/aromatic N) is 2. The van der Waals surface area contributed by atoms with Crippen LogP contribution in [0.4, 0.5) is 0 Å². The molecular weight excluding hydrogens is 396 g/mol. The first-order chi connectivity index (χ1) is 13.5. The third-order valence-corrected chi connectivity index (χ3v) is 5.60. The molecule has 28 heavy (non-hydrogen) atoms. The molecule has 2 heterocycles. The second-order valence-corrected chi connectivity index (χ2v) is 7.54. The monoisotopic (exact) mass is 412 g/mol. The summed E-state index contributed by atoms with van der Waals surface area (Å²) in [5, 5.41) is 11.5. The highest BCUT2D eigenvalue weighted by Crippen LogP contribution is 2.13. The van der Waals surface area contributed by atoms with Gasteiger partial charge in [0.25, 0.3) is 0 Å². The molecule has 2 aromatic heterocycles. The molecule has 0 aliphatic rings. The molecule has 0 amide bonds. The molecule has 3 rings (SSSR count). The Balaban J connectivity index is 1.59. The molecule has 0 saturated heterocycles. The van der Waals surface area contributed by atoms with Crippen LogP contribution in [0.5, 0.6) is 0 Å². The van der Waals surface area contributed by atoms with E-state index >= 15 is 0 Å². The van der Waals surface area contributed by atoms with Crippen molar-refractivity contribution in [2.24, 2.45) is 10.3 Å². The second-order valence-electron chi connectivity index (χ2n) is 5.64. The molecule has 0 bridgehead atoms. The van der Waals surface area contributed by atoms with Gasteiger partial charge in [0, 0.05) is 0 Å². The van der Waals surface area contributed by atoms with Gasteiger partial charge in [0.15, 0.2) is 0 Å². The van der Waals surface area contributed by atoms with E-state index in [4.69, 9.17) is 9.68 Å². The Bertz CT molecular complexity index is 922. The topological polar surface area (TPSA) is 77.3 Å². The van der Waals surface area contributed by atoms with Gasteiger partial charge in [-0.15, -0.1) is 22.7 Å². The van der Waals surface area contributed by atoms with E-state index in [0.29, 0.717) is 11.4 Å². The molecule has 0 spiro atoms. The van der Waals surface area contributed by atoms with E-state index in [9.17, 15) is 9.59 Å². The van der Waals surface area contributed by atoms with Crippen molar-refractivity contribution in [2.45, 2.75) is 13.8 Å². The molecule has 0 fully saturated rings. The zero-order valence-corrected chi connectivity index (χ0v) is 16.8. The first-order valence-electron chi connectivity index (χ1n) is 8.24. The SMILES string of the molecule is C/C(=N/OC(=O)c1ccc(C(=O)O/N=C(\C)c2cccs2)cc1)c1cccs1. The number of hydrogen-bond donors (Lipinski definition) is 0. The third-order valence-electron chi connectivity index (χ3n) is 3.64. The third kappa shape index (κ3) is 4.99. The minimum atomic E-state index is -0.609. The molecule has 0 radical (unpaired) electrons. The fraction of sp³-hybridized carbons (Fsp3) is 0.100. The molecular formula is C20H16N2O4S2. The quantitative estimate of drug-likeness (QED) is 0.325. The fourth-order valence-electron chi connectivity index (χ4n) is 2.13. The summed E-state index contributed by atoms with van der Waals surface area (Å²) < 4.78 is 0. The van der Waals surface area contributed by atoms with Crippen LogP contribution >= 0.6 is 22.7 Å². The van der Waals surface area contributed by atoms with Gasteiger partial charge in [-0.1, -0.05) is 22.4 Å². The Hall–Kier alpha value is -3.10. The first kappa shape index (κ1) is 19.7. The van der Waals surface area contributed by atoms with Crippen molar-refractivity contribution in [3.05, 3.63) is 80.2 Å². The molecule has 0 aliphatic heterocycles. The predicted octanol–water partition coefficient (Wildman–Crippen LogP) is 4.97. The van der Waals surface area contributed by atoms with Gasteiger partial charge in [0.2, 0.25) is 0 Å². The smallest absolute Gasteiger partial charge is 0.313 e. The molecule has 0 N–H and O–H groups in total. The zero-order valence-electron chi connectivity index (χ0n) is 15.1. The van der Waals surface area contributed by atoms with Crippen molar-refractivity contribution < 1.29 is 19.3 Å². The average Bonchev–Trinajstić information content (AvgIpc) is 3.44. The molecule has 8 heteroatoms. The minimum Gasteiger partial charge on any atom is -0.313 e. The van der Waals surface area contributed by atoms with Crippen molar-refractivity contribution >= 4 is 46.0 Å². The summed E-state index contributed by atoms with van der Waals surface area (Å²) >= 11 is 3.01. The maximum atomic E-state index is 12.1. The van der Waals surface area contributed by atoms with Crippen molar-refractivity contribution in [3.63, 3.8) is 0 Å². The van der Waals surface area contributed by atoms with Gasteiger partial charge in [-0.2, -0.15) is 0 Å². The number of hydrogen-bond acceptors (Lipinski definition) is 8. The van der Waals surface area contributed by atoms with Crippen LogP contribution < -0.4 is 0 Å². The lowest BCUT2D eigenvalue weighted by Gasteiger charge is -2.02. The standard InChI is InChI=1S/C20H16N2O4S2/c1-13(17-5-3-11-27-17)21-25-19(23)15-7-9-16(10-8-15)20(24)26-22-14(2)18-6-4-12-28-18/h3-12H,1-2H3/b21-13-,22-14+. The van der Waals surface area contributed by atoms with Crippen molar-refractivity contribution in [2.75, 3.05) is 0 Å².